The maximum Gasteiger partial charge on any atom is 0.257 e. The Morgan fingerprint density at radius 1 is 1.23 bits per heavy atom. The first-order chi connectivity index (χ1) is 10.3. The average molecular weight is 308 g/mol. The number of anilines is 2. The highest BCUT2D eigenvalue weighted by Crippen LogP contribution is 2.18. The summed E-state index contributed by atoms with van der Waals surface area (Å²) >= 11 is 0. The second-order valence-electron chi connectivity index (χ2n) is 4.48. The van der Waals surface area contributed by atoms with Crippen molar-refractivity contribution in [3.8, 4) is 0 Å². The van der Waals surface area contributed by atoms with Crippen LogP contribution in [0.25, 0.3) is 0 Å². The van der Waals surface area contributed by atoms with Crippen LogP contribution in [0, 0.1) is 0 Å². The second kappa shape index (κ2) is 7.25. The maximum atomic E-state index is 12.1. The van der Waals surface area contributed by atoms with Crippen molar-refractivity contribution in [3.05, 3.63) is 15.9 Å². The number of aromatic nitrogens is 2. The van der Waals surface area contributed by atoms with E-state index in [-0.39, 0.29) is 30.2 Å². The number of amides is 3. The molecule has 0 saturated heterocycles. The lowest BCUT2D eigenvalue weighted by atomic mass is 10.1. The molecule has 0 aliphatic heterocycles. The number of nitrogens with zero attached hydrogens (tertiary/aromatic N) is 2. The van der Waals surface area contributed by atoms with Crippen LogP contribution >= 0.6 is 0 Å². The van der Waals surface area contributed by atoms with Crippen LogP contribution in [0.5, 0.6) is 0 Å². The monoisotopic (exact) mass is 308 g/mol. The molecule has 1 aromatic heterocycles. The average Bonchev–Trinajstić information content (AvgIpc) is 2.36. The predicted octanol–water partition coefficient (Wildman–Crippen LogP) is -0.241. The summed E-state index contributed by atoms with van der Waals surface area (Å²) in [6.45, 7) is 3.51. The highest BCUT2D eigenvalue weighted by molar-refractivity contribution is 6.13. The van der Waals surface area contributed by atoms with E-state index in [4.69, 9.17) is 0 Å². The largest absolute Gasteiger partial charge is 0.303 e. The molecule has 118 valence electrons. The number of carbonyl (C=O) groups excluding carboxylic acids is 4. The number of nitrogens with one attached hydrogen (secondary N) is 2. The van der Waals surface area contributed by atoms with Gasteiger partial charge in [-0.15, -0.1) is 0 Å². The Labute approximate surface area is 125 Å². The Morgan fingerprint density at radius 2 is 1.82 bits per heavy atom. The van der Waals surface area contributed by atoms with E-state index in [9.17, 15) is 24.0 Å². The molecule has 0 spiro atoms. The summed E-state index contributed by atoms with van der Waals surface area (Å²) in [6.07, 6.45) is 0.649. The second-order valence-corrected chi connectivity index (χ2v) is 4.48. The van der Waals surface area contributed by atoms with Crippen molar-refractivity contribution >= 4 is 35.8 Å². The number of carbonyl (C=O) groups is 4. The van der Waals surface area contributed by atoms with Crippen LogP contribution in [-0.4, -0.2) is 34.0 Å². The molecule has 2 N–H and O–H groups in total. The van der Waals surface area contributed by atoms with Gasteiger partial charge >= 0.3 is 0 Å². The minimum absolute atomic E-state index is 0.0125. The third-order valence-corrected chi connectivity index (χ3v) is 2.64. The summed E-state index contributed by atoms with van der Waals surface area (Å²) in [4.78, 5) is 64.0. The van der Waals surface area contributed by atoms with Gasteiger partial charge in [0, 0.05) is 27.2 Å². The van der Waals surface area contributed by atoms with Gasteiger partial charge in [0.2, 0.25) is 23.7 Å². The van der Waals surface area contributed by atoms with E-state index in [0.717, 1.165) is 18.7 Å². The highest BCUT2D eigenvalue weighted by atomic mass is 16.2. The van der Waals surface area contributed by atoms with Crippen LogP contribution in [0.1, 0.15) is 32.8 Å². The maximum absolute atomic E-state index is 12.1. The summed E-state index contributed by atoms with van der Waals surface area (Å²) in [5.41, 5.74) is -0.616. The minimum atomic E-state index is -0.636. The molecule has 3 amide bonds. The lowest BCUT2D eigenvalue weighted by Gasteiger charge is -2.19. The summed E-state index contributed by atoms with van der Waals surface area (Å²) in [6, 6.07) is 0. The molecule has 0 fully saturated rings. The van der Waals surface area contributed by atoms with Gasteiger partial charge < -0.3 is 4.79 Å². The topological polar surface area (TPSA) is 129 Å². The van der Waals surface area contributed by atoms with Crippen LogP contribution in [-0.2, 0) is 25.6 Å². The van der Waals surface area contributed by atoms with Crippen molar-refractivity contribution in [2.24, 2.45) is 0 Å². The lowest BCUT2D eigenvalue weighted by Crippen LogP contribution is -2.37. The van der Waals surface area contributed by atoms with Crippen molar-refractivity contribution in [2.45, 2.75) is 33.6 Å². The van der Waals surface area contributed by atoms with Gasteiger partial charge in [-0.3, -0.25) is 29.5 Å². The van der Waals surface area contributed by atoms with E-state index in [0.29, 0.717) is 6.29 Å². The standard InChI is InChI=1S/C13H16N4O5/c1-7(19)14-13-15-11(17(8(2)20)9(3)21)10(5-4-6-18)12(22)16-13/h6H,4-5H2,1-3H3,(H2,14,15,16,19,22). The van der Waals surface area contributed by atoms with Gasteiger partial charge in [-0.2, -0.15) is 4.98 Å². The Morgan fingerprint density at radius 3 is 2.27 bits per heavy atom. The number of imide groups is 1. The van der Waals surface area contributed by atoms with E-state index in [1.54, 1.807) is 0 Å². The number of rotatable bonds is 5. The van der Waals surface area contributed by atoms with E-state index >= 15 is 0 Å². The lowest BCUT2D eigenvalue weighted by molar-refractivity contribution is -0.124. The molecule has 0 aromatic carbocycles. The first-order valence-corrected chi connectivity index (χ1v) is 6.43. The summed E-state index contributed by atoms with van der Waals surface area (Å²) < 4.78 is 0. The van der Waals surface area contributed by atoms with Gasteiger partial charge in [-0.25, -0.2) is 4.90 Å². The number of H-pyrrole nitrogens is 1. The molecule has 0 aliphatic carbocycles. The third-order valence-electron chi connectivity index (χ3n) is 2.64. The molecule has 0 atom stereocenters. The van der Waals surface area contributed by atoms with Crippen LogP contribution in [0.15, 0.2) is 4.79 Å². The van der Waals surface area contributed by atoms with Crippen molar-refractivity contribution in [3.63, 3.8) is 0 Å². The Balaban J connectivity index is 3.52. The van der Waals surface area contributed by atoms with Crippen molar-refractivity contribution in [2.75, 3.05) is 10.2 Å². The Hall–Kier alpha value is -2.84. The van der Waals surface area contributed by atoms with Gasteiger partial charge in [0.25, 0.3) is 5.56 Å². The Kier molecular flexibility index (Phi) is 5.67. The molecule has 0 radical (unpaired) electrons. The summed E-state index contributed by atoms with van der Waals surface area (Å²) in [5, 5.41) is 2.28. The zero-order chi connectivity index (χ0) is 16.9. The number of hydrogen-bond acceptors (Lipinski definition) is 6. The van der Waals surface area contributed by atoms with Gasteiger partial charge in [-0.05, 0) is 6.42 Å². The fraction of sp³-hybridized carbons (Fsp3) is 0.385. The minimum Gasteiger partial charge on any atom is -0.303 e. The molecule has 1 rings (SSSR count). The number of aldehydes is 1. The molecule has 22 heavy (non-hydrogen) atoms. The SMILES string of the molecule is CC(=O)Nc1nc(N(C(C)=O)C(C)=O)c(CCC=O)c(=O)[nH]1. The van der Waals surface area contributed by atoms with E-state index in [2.05, 4.69) is 15.3 Å². The van der Waals surface area contributed by atoms with Crippen LogP contribution < -0.4 is 15.8 Å². The normalized spacial score (nSPS) is 9.95. The molecule has 1 aromatic rings. The molecule has 0 unspecified atom stereocenters. The van der Waals surface area contributed by atoms with E-state index in [1.165, 1.54) is 6.92 Å². The van der Waals surface area contributed by atoms with Crippen LogP contribution in [0.2, 0.25) is 0 Å². The van der Waals surface area contributed by atoms with Crippen molar-refractivity contribution in [1.29, 1.82) is 0 Å². The molecular formula is C13H16N4O5. The van der Waals surface area contributed by atoms with E-state index < -0.39 is 23.3 Å². The smallest absolute Gasteiger partial charge is 0.257 e. The molecule has 1 heterocycles. The molecule has 9 heteroatoms. The zero-order valence-electron chi connectivity index (χ0n) is 12.4. The van der Waals surface area contributed by atoms with Crippen molar-refractivity contribution in [1.82, 2.24) is 9.97 Å². The third kappa shape index (κ3) is 4.08. The molecule has 0 bridgehead atoms. The van der Waals surface area contributed by atoms with Crippen LogP contribution in [0.4, 0.5) is 11.8 Å². The number of hydrogen-bond donors (Lipinski definition) is 2. The predicted molar refractivity (Wildman–Crippen MR) is 77.4 cm³/mol. The first kappa shape index (κ1) is 17.2. The molecule has 0 aliphatic rings. The fourth-order valence-electron chi connectivity index (χ4n) is 1.85. The van der Waals surface area contributed by atoms with Crippen molar-refractivity contribution < 1.29 is 19.2 Å². The fourth-order valence-corrected chi connectivity index (χ4v) is 1.85. The Bertz CT molecular complexity index is 665. The molecular weight excluding hydrogens is 292 g/mol. The summed E-state index contributed by atoms with van der Waals surface area (Å²) in [7, 11) is 0. The quantitative estimate of drug-likeness (QED) is 0.722. The zero-order valence-corrected chi connectivity index (χ0v) is 12.4. The van der Waals surface area contributed by atoms with E-state index in [1.807, 2.05) is 0 Å². The molecule has 9 nitrogen and oxygen atoms in total. The highest BCUT2D eigenvalue weighted by Gasteiger charge is 2.24. The van der Waals surface area contributed by atoms with Gasteiger partial charge in [0.05, 0.1) is 5.56 Å². The molecule has 0 saturated carbocycles. The van der Waals surface area contributed by atoms with Gasteiger partial charge in [0.15, 0.2) is 5.82 Å². The van der Waals surface area contributed by atoms with Gasteiger partial charge in [-0.1, -0.05) is 0 Å². The summed E-state index contributed by atoms with van der Waals surface area (Å²) in [5.74, 6) is -2.12. The number of aromatic amines is 1. The van der Waals surface area contributed by atoms with Gasteiger partial charge in [0.1, 0.15) is 6.29 Å². The first-order valence-electron chi connectivity index (χ1n) is 6.43. The van der Waals surface area contributed by atoms with Crippen LogP contribution in [0.3, 0.4) is 0 Å².